The first-order valence-corrected chi connectivity index (χ1v) is 7.05. The zero-order valence-corrected chi connectivity index (χ0v) is 12.4. The molecule has 0 bridgehead atoms. The number of hydrogen-bond donors (Lipinski definition) is 0. The van der Waals surface area contributed by atoms with Gasteiger partial charge in [-0.25, -0.2) is 0 Å². The van der Waals surface area contributed by atoms with E-state index in [1.807, 2.05) is 43.9 Å². The second kappa shape index (κ2) is 7.22. The third-order valence-electron chi connectivity index (χ3n) is 3.04. The van der Waals surface area contributed by atoms with Crippen LogP contribution >= 0.6 is 0 Å². The first-order valence-electron chi connectivity index (χ1n) is 7.05. The Labute approximate surface area is 120 Å². The number of ether oxygens (including phenoxy) is 2. The lowest BCUT2D eigenvalue weighted by Crippen LogP contribution is -2.20. The van der Waals surface area contributed by atoms with Gasteiger partial charge in [-0.15, -0.1) is 0 Å². The maximum atomic E-state index is 5.59. The Balaban J connectivity index is 2.12. The zero-order chi connectivity index (χ0) is 14.4. The zero-order valence-electron chi connectivity index (χ0n) is 12.4. The molecule has 1 aromatic carbocycles. The lowest BCUT2D eigenvalue weighted by atomic mass is 10.1. The van der Waals surface area contributed by atoms with Crippen molar-refractivity contribution in [2.45, 2.75) is 26.6 Å². The molecule has 2 rings (SSSR count). The van der Waals surface area contributed by atoms with Crippen molar-refractivity contribution >= 4 is 0 Å². The molecule has 0 aliphatic carbocycles. The molecule has 0 aliphatic heterocycles. The van der Waals surface area contributed by atoms with Crippen molar-refractivity contribution in [3.63, 3.8) is 0 Å². The van der Waals surface area contributed by atoms with Gasteiger partial charge in [0.05, 0.1) is 5.69 Å². The summed E-state index contributed by atoms with van der Waals surface area (Å²) in [6, 6.07) is 10.4. The van der Waals surface area contributed by atoms with Crippen LogP contribution in [0, 0.1) is 0 Å². The first-order chi connectivity index (χ1) is 9.72. The summed E-state index contributed by atoms with van der Waals surface area (Å²) in [5.41, 5.74) is 3.30. The van der Waals surface area contributed by atoms with Gasteiger partial charge in [0.15, 0.2) is 6.29 Å². The molecule has 20 heavy (non-hydrogen) atoms. The molecule has 0 aliphatic rings. The molecule has 0 amide bonds. The molecule has 0 N–H and O–H groups in total. The highest BCUT2D eigenvalue weighted by molar-refractivity contribution is 5.59. The highest BCUT2D eigenvalue weighted by Gasteiger charge is 2.10. The van der Waals surface area contributed by atoms with E-state index in [0.29, 0.717) is 13.2 Å². The van der Waals surface area contributed by atoms with Crippen molar-refractivity contribution in [2.24, 2.45) is 7.05 Å². The number of benzene rings is 1. The second-order valence-corrected chi connectivity index (χ2v) is 4.62. The molecular formula is C16H22N2O2. The molecule has 0 spiro atoms. The largest absolute Gasteiger partial charge is 0.353 e. The van der Waals surface area contributed by atoms with E-state index >= 15 is 0 Å². The third-order valence-corrected chi connectivity index (χ3v) is 3.04. The Morgan fingerprint density at radius 2 is 1.90 bits per heavy atom. The van der Waals surface area contributed by atoms with Crippen LogP contribution in [0.25, 0.3) is 11.3 Å². The molecule has 0 radical (unpaired) electrons. The number of hydrogen-bond acceptors (Lipinski definition) is 3. The van der Waals surface area contributed by atoms with Crippen LogP contribution < -0.4 is 0 Å². The van der Waals surface area contributed by atoms with E-state index < -0.39 is 0 Å². The summed E-state index contributed by atoms with van der Waals surface area (Å²) in [5.74, 6) is 0. The lowest BCUT2D eigenvalue weighted by Gasteiger charge is -2.17. The molecule has 108 valence electrons. The van der Waals surface area contributed by atoms with Gasteiger partial charge in [0, 0.05) is 38.4 Å². The molecule has 1 heterocycles. The van der Waals surface area contributed by atoms with E-state index in [4.69, 9.17) is 9.47 Å². The Morgan fingerprint density at radius 3 is 2.50 bits per heavy atom. The maximum Gasteiger partial charge on any atom is 0.161 e. The Kier molecular flexibility index (Phi) is 5.32. The summed E-state index contributed by atoms with van der Waals surface area (Å²) in [4.78, 5) is 0. The SMILES string of the molecule is CCOC(Cc1cccc(-c2ccn(C)n2)c1)OCC. The summed E-state index contributed by atoms with van der Waals surface area (Å²) < 4.78 is 13.0. The average molecular weight is 274 g/mol. The van der Waals surface area contributed by atoms with Gasteiger partial charge < -0.3 is 9.47 Å². The van der Waals surface area contributed by atoms with Crippen molar-refractivity contribution < 1.29 is 9.47 Å². The van der Waals surface area contributed by atoms with Crippen LogP contribution in [0.1, 0.15) is 19.4 Å². The van der Waals surface area contributed by atoms with E-state index in [9.17, 15) is 0 Å². The molecule has 4 nitrogen and oxygen atoms in total. The number of rotatable bonds is 7. The minimum absolute atomic E-state index is 0.177. The van der Waals surface area contributed by atoms with Gasteiger partial charge in [0.25, 0.3) is 0 Å². The molecule has 1 aromatic heterocycles. The summed E-state index contributed by atoms with van der Waals surface area (Å²) in [7, 11) is 1.92. The summed E-state index contributed by atoms with van der Waals surface area (Å²) in [6.07, 6.45) is 2.53. The van der Waals surface area contributed by atoms with Crippen molar-refractivity contribution in [1.29, 1.82) is 0 Å². The molecule has 4 heteroatoms. The molecule has 0 atom stereocenters. The fraction of sp³-hybridized carbons (Fsp3) is 0.438. The van der Waals surface area contributed by atoms with Gasteiger partial charge in [-0.1, -0.05) is 18.2 Å². The summed E-state index contributed by atoms with van der Waals surface area (Å²) in [5, 5.41) is 4.43. The Morgan fingerprint density at radius 1 is 1.15 bits per heavy atom. The highest BCUT2D eigenvalue weighted by Crippen LogP contribution is 2.19. The van der Waals surface area contributed by atoms with Crippen LogP contribution in [0.5, 0.6) is 0 Å². The van der Waals surface area contributed by atoms with E-state index in [2.05, 4.69) is 23.3 Å². The van der Waals surface area contributed by atoms with Crippen LogP contribution in [0.2, 0.25) is 0 Å². The van der Waals surface area contributed by atoms with Crippen molar-refractivity contribution in [2.75, 3.05) is 13.2 Å². The number of nitrogens with zero attached hydrogens (tertiary/aromatic N) is 2. The quantitative estimate of drug-likeness (QED) is 0.728. The number of aryl methyl sites for hydroxylation is 1. The Hall–Kier alpha value is -1.65. The second-order valence-electron chi connectivity index (χ2n) is 4.62. The van der Waals surface area contributed by atoms with Gasteiger partial charge >= 0.3 is 0 Å². The monoisotopic (exact) mass is 274 g/mol. The summed E-state index contributed by atoms with van der Waals surface area (Å²) >= 11 is 0. The fourth-order valence-corrected chi connectivity index (χ4v) is 2.16. The molecule has 0 saturated heterocycles. The van der Waals surface area contributed by atoms with Crippen molar-refractivity contribution in [1.82, 2.24) is 9.78 Å². The van der Waals surface area contributed by atoms with Crippen LogP contribution in [-0.4, -0.2) is 29.3 Å². The van der Waals surface area contributed by atoms with E-state index in [0.717, 1.165) is 17.7 Å². The predicted octanol–water partition coefficient (Wildman–Crippen LogP) is 3.03. The van der Waals surface area contributed by atoms with Crippen molar-refractivity contribution in [3.05, 3.63) is 42.1 Å². The number of aromatic nitrogens is 2. The minimum atomic E-state index is -0.177. The van der Waals surface area contributed by atoms with Gasteiger partial charge in [-0.3, -0.25) is 4.68 Å². The normalized spacial score (nSPS) is 11.2. The Bertz CT molecular complexity index is 531. The first kappa shape index (κ1) is 14.8. The molecule has 2 aromatic rings. The summed E-state index contributed by atoms with van der Waals surface area (Å²) in [6.45, 7) is 5.28. The highest BCUT2D eigenvalue weighted by atomic mass is 16.7. The van der Waals surface area contributed by atoms with Crippen LogP contribution in [0.4, 0.5) is 0 Å². The molecule has 0 fully saturated rings. The molecule has 0 unspecified atom stereocenters. The van der Waals surface area contributed by atoms with Gasteiger partial charge in [-0.2, -0.15) is 5.10 Å². The van der Waals surface area contributed by atoms with Crippen LogP contribution in [-0.2, 0) is 22.9 Å². The topological polar surface area (TPSA) is 36.3 Å². The van der Waals surface area contributed by atoms with Gasteiger partial charge in [0.1, 0.15) is 0 Å². The van der Waals surface area contributed by atoms with Gasteiger partial charge in [0.2, 0.25) is 0 Å². The lowest BCUT2D eigenvalue weighted by molar-refractivity contribution is -0.134. The maximum absolute atomic E-state index is 5.59. The van der Waals surface area contributed by atoms with E-state index in [1.165, 1.54) is 5.56 Å². The minimum Gasteiger partial charge on any atom is -0.353 e. The van der Waals surface area contributed by atoms with Gasteiger partial charge in [-0.05, 0) is 31.5 Å². The standard InChI is InChI=1S/C16H22N2O2/c1-4-19-16(20-5-2)12-13-7-6-8-14(11-13)15-9-10-18(3)17-15/h6-11,16H,4-5,12H2,1-3H3. The van der Waals surface area contributed by atoms with E-state index in [-0.39, 0.29) is 6.29 Å². The van der Waals surface area contributed by atoms with Crippen LogP contribution in [0.15, 0.2) is 36.5 Å². The molecule has 0 saturated carbocycles. The smallest absolute Gasteiger partial charge is 0.161 e. The van der Waals surface area contributed by atoms with Crippen LogP contribution in [0.3, 0.4) is 0 Å². The molecular weight excluding hydrogens is 252 g/mol. The fourth-order valence-electron chi connectivity index (χ4n) is 2.16. The van der Waals surface area contributed by atoms with E-state index in [1.54, 1.807) is 0 Å². The van der Waals surface area contributed by atoms with Crippen molar-refractivity contribution in [3.8, 4) is 11.3 Å². The third kappa shape index (κ3) is 3.92. The predicted molar refractivity (Wildman–Crippen MR) is 79.4 cm³/mol. The average Bonchev–Trinajstić information content (AvgIpc) is 2.86.